The van der Waals surface area contributed by atoms with Gasteiger partial charge in [0, 0.05) is 0 Å². The van der Waals surface area contributed by atoms with Crippen LogP contribution < -0.4 is 0 Å². The highest BCUT2D eigenvalue weighted by Crippen LogP contribution is 2.35. The number of rotatable bonds is 0. The Hall–Kier alpha value is -2.08. The van der Waals surface area contributed by atoms with Gasteiger partial charge in [0.2, 0.25) is 0 Å². The van der Waals surface area contributed by atoms with Crippen molar-refractivity contribution in [2.45, 2.75) is 0 Å². The van der Waals surface area contributed by atoms with Gasteiger partial charge in [0.05, 0.1) is 0 Å². The molecule has 0 heterocycles. The van der Waals surface area contributed by atoms with Gasteiger partial charge in [0.25, 0.3) is 0 Å². The standard InChI is InChI=1S/C16H10/c1-2-5-13-10-14-9-8-12-7-3-6-11(4-1)15(13)16(12)14/h1-10H. The minimum atomic E-state index is 1.32. The molecular formula is C16H10. The van der Waals surface area contributed by atoms with Gasteiger partial charge in [-0.1, -0.05) is 54.6 Å². The van der Waals surface area contributed by atoms with Gasteiger partial charge in [-0.05, 0) is 38.4 Å². The predicted molar refractivity (Wildman–Crippen MR) is 70.1 cm³/mol. The molecule has 0 unspecified atom stereocenters. The zero-order valence-electron chi connectivity index (χ0n) is 8.77. The minimum Gasteiger partial charge on any atom is -0.0616 e. The minimum absolute atomic E-state index is 1.32. The second-order valence-corrected chi connectivity index (χ2v) is 4.29. The summed E-state index contributed by atoms with van der Waals surface area (Å²) in [7, 11) is 0. The van der Waals surface area contributed by atoms with E-state index in [0.29, 0.717) is 0 Å². The SMILES string of the molecule is c1ccc2cc3ccc4cccc(c1)c2c43. The van der Waals surface area contributed by atoms with E-state index in [-0.39, 0.29) is 0 Å². The maximum absolute atomic E-state index is 2.28. The van der Waals surface area contributed by atoms with Crippen LogP contribution in [0.25, 0.3) is 32.3 Å². The predicted octanol–water partition coefficient (Wildman–Crippen LogP) is 4.58. The molecule has 0 saturated carbocycles. The quantitative estimate of drug-likeness (QED) is 0.391. The van der Waals surface area contributed by atoms with E-state index in [1.807, 2.05) is 0 Å². The van der Waals surface area contributed by atoms with Gasteiger partial charge in [-0.15, -0.1) is 0 Å². The molecule has 4 aromatic carbocycles. The van der Waals surface area contributed by atoms with E-state index in [0.717, 1.165) is 0 Å². The number of hydrogen-bond acceptors (Lipinski definition) is 0. The smallest absolute Gasteiger partial charge is 0.00266 e. The number of hydrogen-bond donors (Lipinski definition) is 0. The average molecular weight is 202 g/mol. The van der Waals surface area contributed by atoms with Crippen LogP contribution in [0.1, 0.15) is 0 Å². The lowest BCUT2D eigenvalue weighted by molar-refractivity contribution is 1.89. The summed E-state index contributed by atoms with van der Waals surface area (Å²) in [6, 6.07) is 21.8. The maximum Gasteiger partial charge on any atom is -0.00266 e. The largest absolute Gasteiger partial charge is 0.0616 e. The monoisotopic (exact) mass is 202 g/mol. The van der Waals surface area contributed by atoms with Crippen molar-refractivity contribution >= 4 is 32.3 Å². The van der Waals surface area contributed by atoms with Crippen LogP contribution in [-0.4, -0.2) is 0 Å². The summed E-state index contributed by atoms with van der Waals surface area (Å²) < 4.78 is 0. The molecule has 0 aliphatic carbocycles. The van der Waals surface area contributed by atoms with E-state index in [9.17, 15) is 0 Å². The molecule has 0 N–H and O–H groups in total. The van der Waals surface area contributed by atoms with Crippen LogP contribution in [0, 0.1) is 0 Å². The zero-order valence-corrected chi connectivity index (χ0v) is 8.77. The van der Waals surface area contributed by atoms with Crippen molar-refractivity contribution in [1.29, 1.82) is 0 Å². The maximum atomic E-state index is 2.28. The van der Waals surface area contributed by atoms with Crippen molar-refractivity contribution in [3.05, 3.63) is 60.7 Å². The molecule has 0 spiro atoms. The Labute approximate surface area is 93.5 Å². The fraction of sp³-hybridized carbons (Fsp3) is 0. The highest BCUT2D eigenvalue weighted by atomic mass is 14.1. The van der Waals surface area contributed by atoms with E-state index in [2.05, 4.69) is 60.7 Å². The van der Waals surface area contributed by atoms with Crippen LogP contribution in [-0.2, 0) is 0 Å². The Bertz CT molecular complexity index is 796. The van der Waals surface area contributed by atoms with Gasteiger partial charge in [0.15, 0.2) is 0 Å². The van der Waals surface area contributed by atoms with Crippen molar-refractivity contribution in [3.8, 4) is 0 Å². The van der Waals surface area contributed by atoms with Crippen LogP contribution in [0.15, 0.2) is 60.7 Å². The summed E-state index contributed by atoms with van der Waals surface area (Å²) in [4.78, 5) is 0. The van der Waals surface area contributed by atoms with E-state index in [4.69, 9.17) is 0 Å². The highest BCUT2D eigenvalue weighted by Gasteiger charge is 2.07. The van der Waals surface area contributed by atoms with E-state index in [1.165, 1.54) is 32.3 Å². The van der Waals surface area contributed by atoms with Crippen molar-refractivity contribution in [2.75, 3.05) is 0 Å². The van der Waals surface area contributed by atoms with Crippen molar-refractivity contribution < 1.29 is 0 Å². The molecule has 0 nitrogen and oxygen atoms in total. The Kier molecular flexibility index (Phi) is 1.39. The summed E-state index contributed by atoms with van der Waals surface area (Å²) in [6.45, 7) is 0. The lowest BCUT2D eigenvalue weighted by atomic mass is 10.2. The molecule has 16 heavy (non-hydrogen) atoms. The first kappa shape index (κ1) is 8.12. The van der Waals surface area contributed by atoms with Crippen LogP contribution in [0.3, 0.4) is 0 Å². The van der Waals surface area contributed by atoms with Crippen molar-refractivity contribution in [3.63, 3.8) is 0 Å². The summed E-state index contributed by atoms with van der Waals surface area (Å²) in [5.41, 5.74) is 0. The highest BCUT2D eigenvalue weighted by molar-refractivity contribution is 6.25. The van der Waals surface area contributed by atoms with E-state index < -0.39 is 0 Å². The average Bonchev–Trinajstić information content (AvgIpc) is 2.68. The molecule has 0 saturated heterocycles. The van der Waals surface area contributed by atoms with Crippen LogP contribution in [0.2, 0.25) is 0 Å². The lowest BCUT2D eigenvalue weighted by Gasteiger charge is -1.87. The van der Waals surface area contributed by atoms with Gasteiger partial charge in [-0.3, -0.25) is 0 Å². The third-order valence-electron chi connectivity index (χ3n) is 3.37. The van der Waals surface area contributed by atoms with Gasteiger partial charge >= 0.3 is 0 Å². The molecular weight excluding hydrogens is 192 g/mol. The Morgan fingerprint density at radius 2 is 0.938 bits per heavy atom. The molecule has 0 radical (unpaired) electrons. The third-order valence-corrected chi connectivity index (χ3v) is 3.37. The fourth-order valence-corrected chi connectivity index (χ4v) is 2.68. The summed E-state index contributed by atoms with van der Waals surface area (Å²) >= 11 is 0. The van der Waals surface area contributed by atoms with E-state index >= 15 is 0 Å². The summed E-state index contributed by atoms with van der Waals surface area (Å²) in [5.74, 6) is 0. The van der Waals surface area contributed by atoms with Crippen LogP contribution in [0.5, 0.6) is 0 Å². The first-order valence-electron chi connectivity index (χ1n) is 5.56. The summed E-state index contributed by atoms with van der Waals surface area (Å²) in [5, 5.41) is 8.16. The fourth-order valence-electron chi connectivity index (χ4n) is 2.68. The molecule has 0 aliphatic heterocycles. The molecule has 0 aromatic heterocycles. The molecule has 0 heteroatoms. The van der Waals surface area contributed by atoms with Crippen LogP contribution >= 0.6 is 0 Å². The normalized spacial score (nSPS) is 11.8. The first-order chi connectivity index (χ1) is 7.93. The third kappa shape index (κ3) is 0.892. The molecule has 0 fully saturated rings. The second kappa shape index (κ2) is 2.73. The summed E-state index contributed by atoms with van der Waals surface area (Å²) in [6.07, 6.45) is 0. The Morgan fingerprint density at radius 3 is 1.75 bits per heavy atom. The Morgan fingerprint density at radius 1 is 0.438 bits per heavy atom. The zero-order chi connectivity index (χ0) is 10.5. The molecule has 0 aliphatic rings. The van der Waals surface area contributed by atoms with Crippen LogP contribution in [0.4, 0.5) is 0 Å². The lowest BCUT2D eigenvalue weighted by Crippen LogP contribution is -1.58. The molecule has 0 bridgehead atoms. The van der Waals surface area contributed by atoms with Crippen molar-refractivity contribution in [2.24, 2.45) is 0 Å². The van der Waals surface area contributed by atoms with E-state index in [1.54, 1.807) is 0 Å². The van der Waals surface area contributed by atoms with Gasteiger partial charge < -0.3 is 0 Å². The molecule has 0 atom stereocenters. The van der Waals surface area contributed by atoms with Gasteiger partial charge in [0.1, 0.15) is 0 Å². The van der Waals surface area contributed by atoms with Crippen molar-refractivity contribution in [1.82, 2.24) is 0 Å². The first-order valence-corrected chi connectivity index (χ1v) is 5.56. The van der Waals surface area contributed by atoms with Gasteiger partial charge in [-0.2, -0.15) is 0 Å². The topological polar surface area (TPSA) is 0 Å². The molecule has 4 rings (SSSR count). The van der Waals surface area contributed by atoms with Gasteiger partial charge in [-0.25, -0.2) is 0 Å². The molecule has 4 aromatic rings. The second-order valence-electron chi connectivity index (χ2n) is 4.29. The molecule has 0 amide bonds. The molecule has 74 valence electrons. The Balaban J connectivity index is 2.55.